The van der Waals surface area contributed by atoms with Crippen molar-refractivity contribution in [1.29, 1.82) is 0 Å². The molecule has 1 heterocycles. The van der Waals surface area contributed by atoms with Crippen LogP contribution >= 0.6 is 0 Å². The molecule has 2 amide bonds. The van der Waals surface area contributed by atoms with Crippen LogP contribution in [0.5, 0.6) is 11.5 Å². The van der Waals surface area contributed by atoms with Crippen LogP contribution in [0.2, 0.25) is 0 Å². The van der Waals surface area contributed by atoms with Crippen molar-refractivity contribution in [3.05, 3.63) is 42.1 Å². The highest BCUT2D eigenvalue weighted by Crippen LogP contribution is 2.27. The average Bonchev–Trinajstić information content (AvgIpc) is 2.75. The number of carbonyl (C=O) groups excluding carboxylic acids is 1. The van der Waals surface area contributed by atoms with E-state index in [4.69, 9.17) is 9.47 Å². The second-order valence-electron chi connectivity index (χ2n) is 7.23. The van der Waals surface area contributed by atoms with Gasteiger partial charge in [-0.05, 0) is 49.1 Å². The van der Waals surface area contributed by atoms with Crippen molar-refractivity contribution < 1.29 is 14.3 Å². The molecule has 7 heteroatoms. The lowest BCUT2D eigenvalue weighted by molar-refractivity contribution is 0.244. The summed E-state index contributed by atoms with van der Waals surface area (Å²) in [6.07, 6.45) is 8.27. The van der Waals surface area contributed by atoms with Crippen LogP contribution in [0.25, 0.3) is 0 Å². The van der Waals surface area contributed by atoms with E-state index in [1.165, 1.54) is 19.3 Å². The smallest absolute Gasteiger partial charge is 0.319 e. The Balaban J connectivity index is 1.43. The van der Waals surface area contributed by atoms with Crippen LogP contribution < -0.4 is 25.4 Å². The molecule has 0 saturated heterocycles. The molecule has 0 bridgehead atoms. The van der Waals surface area contributed by atoms with Crippen LogP contribution in [0.15, 0.2) is 36.5 Å². The second-order valence-corrected chi connectivity index (χ2v) is 7.23. The number of pyridine rings is 1. The van der Waals surface area contributed by atoms with Gasteiger partial charge in [-0.15, -0.1) is 0 Å². The van der Waals surface area contributed by atoms with Crippen LogP contribution in [0.1, 0.15) is 37.7 Å². The van der Waals surface area contributed by atoms with Gasteiger partial charge in [-0.2, -0.15) is 0 Å². The Bertz CT molecular complexity index is 789. The SMILES string of the molecule is COc1ccc(CCNc2ccc(NC(=O)NC3CCCCC3)cn2)cc1OC. The van der Waals surface area contributed by atoms with Crippen LogP contribution in [0, 0.1) is 0 Å². The van der Waals surface area contributed by atoms with Crippen molar-refractivity contribution in [3.63, 3.8) is 0 Å². The molecule has 0 radical (unpaired) electrons. The zero-order chi connectivity index (χ0) is 20.5. The number of methoxy groups -OCH3 is 2. The number of nitrogens with one attached hydrogen (secondary N) is 3. The van der Waals surface area contributed by atoms with Crippen LogP contribution in [0.3, 0.4) is 0 Å². The molecule has 1 fully saturated rings. The number of carbonyl (C=O) groups is 1. The van der Waals surface area contributed by atoms with Gasteiger partial charge in [0.15, 0.2) is 11.5 Å². The van der Waals surface area contributed by atoms with E-state index in [1.807, 2.05) is 30.3 Å². The predicted molar refractivity (Wildman–Crippen MR) is 115 cm³/mol. The number of amides is 2. The lowest BCUT2D eigenvalue weighted by atomic mass is 9.96. The fourth-order valence-corrected chi connectivity index (χ4v) is 3.54. The maximum Gasteiger partial charge on any atom is 0.319 e. The quantitative estimate of drug-likeness (QED) is 0.620. The van der Waals surface area contributed by atoms with E-state index >= 15 is 0 Å². The van der Waals surface area contributed by atoms with Gasteiger partial charge in [-0.3, -0.25) is 0 Å². The van der Waals surface area contributed by atoms with E-state index in [1.54, 1.807) is 20.4 Å². The lowest BCUT2D eigenvalue weighted by Gasteiger charge is -2.22. The van der Waals surface area contributed by atoms with Gasteiger partial charge in [0.25, 0.3) is 0 Å². The third kappa shape index (κ3) is 6.27. The molecule has 0 unspecified atom stereocenters. The summed E-state index contributed by atoms with van der Waals surface area (Å²) in [6, 6.07) is 9.75. The van der Waals surface area contributed by atoms with Gasteiger partial charge >= 0.3 is 6.03 Å². The molecule has 29 heavy (non-hydrogen) atoms. The first-order chi connectivity index (χ1) is 14.2. The molecule has 1 aromatic heterocycles. The van der Waals surface area contributed by atoms with Crippen molar-refractivity contribution in [2.24, 2.45) is 0 Å². The number of benzene rings is 1. The minimum atomic E-state index is -0.159. The Hall–Kier alpha value is -2.96. The second kappa shape index (κ2) is 10.5. The van der Waals surface area contributed by atoms with E-state index in [2.05, 4.69) is 20.9 Å². The summed E-state index contributed by atoms with van der Waals surface area (Å²) < 4.78 is 10.6. The zero-order valence-electron chi connectivity index (χ0n) is 17.2. The van der Waals surface area contributed by atoms with Gasteiger partial charge in [-0.1, -0.05) is 25.3 Å². The fraction of sp³-hybridized carbons (Fsp3) is 0.455. The van der Waals surface area contributed by atoms with Gasteiger partial charge in [0.05, 0.1) is 26.1 Å². The predicted octanol–water partition coefficient (Wildman–Crippen LogP) is 4.21. The Labute approximate surface area is 172 Å². The van der Waals surface area contributed by atoms with Crippen molar-refractivity contribution in [1.82, 2.24) is 10.3 Å². The van der Waals surface area contributed by atoms with E-state index in [9.17, 15) is 4.79 Å². The molecule has 7 nitrogen and oxygen atoms in total. The van der Waals surface area contributed by atoms with Crippen LogP contribution in [0.4, 0.5) is 16.3 Å². The van der Waals surface area contributed by atoms with Gasteiger partial charge in [0, 0.05) is 12.6 Å². The summed E-state index contributed by atoms with van der Waals surface area (Å²) in [5.74, 6) is 2.22. The largest absolute Gasteiger partial charge is 0.493 e. The minimum absolute atomic E-state index is 0.159. The first-order valence-electron chi connectivity index (χ1n) is 10.2. The summed E-state index contributed by atoms with van der Waals surface area (Å²) in [7, 11) is 3.26. The molecule has 3 rings (SSSR count). The number of aromatic nitrogens is 1. The molecule has 0 atom stereocenters. The first kappa shape index (κ1) is 20.8. The number of hydrogen-bond acceptors (Lipinski definition) is 5. The molecule has 3 N–H and O–H groups in total. The molecular formula is C22H30N4O3. The summed E-state index contributed by atoms with van der Waals surface area (Å²) in [5, 5.41) is 9.19. The van der Waals surface area contributed by atoms with Crippen LogP contribution in [-0.4, -0.2) is 37.8 Å². The van der Waals surface area contributed by atoms with Crippen molar-refractivity contribution in [2.75, 3.05) is 31.4 Å². The number of anilines is 2. The summed E-state index contributed by atoms with van der Waals surface area (Å²) in [5.41, 5.74) is 1.83. The van der Waals surface area contributed by atoms with Gasteiger partial charge in [0.1, 0.15) is 5.82 Å². The van der Waals surface area contributed by atoms with Gasteiger partial charge in [-0.25, -0.2) is 9.78 Å². The van der Waals surface area contributed by atoms with Gasteiger partial charge in [0.2, 0.25) is 0 Å². The molecule has 156 valence electrons. The number of nitrogens with zero attached hydrogens (tertiary/aromatic N) is 1. The average molecular weight is 399 g/mol. The maximum atomic E-state index is 12.1. The Kier molecular flexibility index (Phi) is 7.55. The van der Waals surface area contributed by atoms with E-state index in [-0.39, 0.29) is 12.1 Å². The highest BCUT2D eigenvalue weighted by atomic mass is 16.5. The molecule has 0 spiro atoms. The maximum absolute atomic E-state index is 12.1. The van der Waals surface area contributed by atoms with E-state index in [0.717, 1.165) is 48.7 Å². The number of rotatable bonds is 8. The van der Waals surface area contributed by atoms with Crippen molar-refractivity contribution in [3.8, 4) is 11.5 Å². The molecule has 1 aliphatic rings. The number of hydrogen-bond donors (Lipinski definition) is 3. The van der Waals surface area contributed by atoms with Crippen LogP contribution in [-0.2, 0) is 6.42 Å². The van der Waals surface area contributed by atoms with Crippen molar-refractivity contribution >= 4 is 17.5 Å². The third-order valence-electron chi connectivity index (χ3n) is 5.13. The number of ether oxygens (including phenoxy) is 2. The highest BCUT2D eigenvalue weighted by Gasteiger charge is 2.15. The first-order valence-corrected chi connectivity index (χ1v) is 10.2. The summed E-state index contributed by atoms with van der Waals surface area (Å²) in [6.45, 7) is 0.734. The van der Waals surface area contributed by atoms with Gasteiger partial charge < -0.3 is 25.4 Å². The Morgan fingerprint density at radius 3 is 2.55 bits per heavy atom. The zero-order valence-corrected chi connectivity index (χ0v) is 17.2. The summed E-state index contributed by atoms with van der Waals surface area (Å²) >= 11 is 0. The molecule has 0 aliphatic heterocycles. The topological polar surface area (TPSA) is 84.5 Å². The number of urea groups is 1. The van der Waals surface area contributed by atoms with Crippen molar-refractivity contribution in [2.45, 2.75) is 44.6 Å². The Morgan fingerprint density at radius 1 is 1.07 bits per heavy atom. The molecular weight excluding hydrogens is 368 g/mol. The molecule has 2 aromatic rings. The normalized spacial score (nSPS) is 14.1. The lowest BCUT2D eigenvalue weighted by Crippen LogP contribution is -2.39. The molecule has 1 aromatic carbocycles. The minimum Gasteiger partial charge on any atom is -0.493 e. The summed E-state index contributed by atoms with van der Waals surface area (Å²) in [4.78, 5) is 16.5. The fourth-order valence-electron chi connectivity index (χ4n) is 3.54. The molecule has 1 saturated carbocycles. The van der Waals surface area contributed by atoms with E-state index < -0.39 is 0 Å². The monoisotopic (exact) mass is 398 g/mol. The van der Waals surface area contributed by atoms with E-state index in [0.29, 0.717) is 5.69 Å². The third-order valence-corrected chi connectivity index (χ3v) is 5.13. The standard InChI is InChI=1S/C22H30N4O3/c1-28-19-10-8-16(14-20(19)29-2)12-13-23-21-11-9-18(15-24-21)26-22(27)25-17-6-4-3-5-7-17/h8-11,14-15,17H,3-7,12-13H2,1-2H3,(H,23,24)(H2,25,26,27). The molecule has 1 aliphatic carbocycles. The Morgan fingerprint density at radius 2 is 1.86 bits per heavy atom. The highest BCUT2D eigenvalue weighted by molar-refractivity contribution is 5.89.